The highest BCUT2D eigenvalue weighted by atomic mass is 79.9. The van der Waals surface area contributed by atoms with Crippen LogP contribution < -0.4 is 4.90 Å². The van der Waals surface area contributed by atoms with Crippen molar-refractivity contribution < 1.29 is 0 Å². The molecule has 3 rings (SSSR count). The van der Waals surface area contributed by atoms with Crippen molar-refractivity contribution in [2.24, 2.45) is 0 Å². The maximum Gasteiger partial charge on any atom is 0.133 e. The van der Waals surface area contributed by atoms with Gasteiger partial charge in [0.1, 0.15) is 16.7 Å². The van der Waals surface area contributed by atoms with Crippen LogP contribution in [0.3, 0.4) is 0 Å². The lowest BCUT2D eigenvalue weighted by atomic mass is 10.1. The first kappa shape index (κ1) is 10.2. The van der Waals surface area contributed by atoms with Crippen LogP contribution in [-0.2, 0) is 13.0 Å². The fourth-order valence-electron chi connectivity index (χ4n) is 1.94. The minimum Gasteiger partial charge on any atom is -0.352 e. The maximum atomic E-state index is 4.31. The number of hydrogen-bond acceptors (Lipinski definition) is 4. The largest absolute Gasteiger partial charge is 0.352 e. The molecule has 0 aliphatic carbocycles. The highest BCUT2D eigenvalue weighted by molar-refractivity contribution is 9.10. The molecule has 0 spiro atoms. The van der Waals surface area contributed by atoms with Crippen LogP contribution in [0.15, 0.2) is 28.4 Å². The third kappa shape index (κ3) is 1.85. The number of anilines is 1. The van der Waals surface area contributed by atoms with E-state index in [2.05, 4.69) is 42.2 Å². The Kier molecular flexibility index (Phi) is 2.65. The van der Waals surface area contributed by atoms with Crippen LogP contribution in [0.2, 0.25) is 0 Å². The molecule has 0 unspecified atom stereocenters. The predicted molar refractivity (Wildman–Crippen MR) is 68.8 cm³/mol. The lowest BCUT2D eigenvalue weighted by molar-refractivity contribution is 0.729. The summed E-state index contributed by atoms with van der Waals surface area (Å²) in [6, 6.07) is 4.18. The average Bonchev–Trinajstić information content (AvgIpc) is 2.75. The number of hydrogen-bond donors (Lipinski definition) is 0. The third-order valence-corrected chi connectivity index (χ3v) is 4.21. The molecular formula is C11H10BrN3S. The fraction of sp³-hybridized carbons (Fsp3) is 0.273. The molecule has 2 aromatic heterocycles. The number of fused-ring (bicyclic) bond motifs is 1. The van der Waals surface area contributed by atoms with Gasteiger partial charge in [0.15, 0.2) is 0 Å². The maximum absolute atomic E-state index is 4.31. The van der Waals surface area contributed by atoms with Gasteiger partial charge in [-0.25, -0.2) is 9.97 Å². The van der Waals surface area contributed by atoms with Crippen LogP contribution in [0.4, 0.5) is 5.82 Å². The molecule has 3 heterocycles. The average molecular weight is 296 g/mol. The van der Waals surface area contributed by atoms with Crippen molar-refractivity contribution in [2.75, 3.05) is 11.4 Å². The molecule has 0 fully saturated rings. The van der Waals surface area contributed by atoms with Gasteiger partial charge in [0, 0.05) is 24.0 Å². The zero-order valence-electron chi connectivity index (χ0n) is 8.56. The van der Waals surface area contributed by atoms with Crippen LogP contribution in [0.5, 0.6) is 0 Å². The Labute approximate surface area is 106 Å². The van der Waals surface area contributed by atoms with E-state index in [0.717, 1.165) is 29.9 Å². The van der Waals surface area contributed by atoms with E-state index in [9.17, 15) is 0 Å². The molecule has 16 heavy (non-hydrogen) atoms. The van der Waals surface area contributed by atoms with Gasteiger partial charge in [0.05, 0.1) is 0 Å². The molecule has 0 radical (unpaired) electrons. The molecular weight excluding hydrogens is 286 g/mol. The van der Waals surface area contributed by atoms with E-state index >= 15 is 0 Å². The summed E-state index contributed by atoms with van der Waals surface area (Å²) >= 11 is 5.23. The van der Waals surface area contributed by atoms with E-state index in [4.69, 9.17) is 0 Å². The van der Waals surface area contributed by atoms with E-state index in [-0.39, 0.29) is 0 Å². The number of thiophene rings is 1. The molecule has 0 N–H and O–H groups in total. The van der Waals surface area contributed by atoms with E-state index in [0.29, 0.717) is 0 Å². The predicted octanol–water partition coefficient (Wildman–Crippen LogP) is 2.86. The number of aromatic nitrogens is 2. The summed E-state index contributed by atoms with van der Waals surface area (Å²) in [5, 5.41) is 2.17. The quantitative estimate of drug-likeness (QED) is 0.758. The topological polar surface area (TPSA) is 29.0 Å². The molecule has 82 valence electrons. The lowest BCUT2D eigenvalue weighted by Gasteiger charge is -2.27. The number of rotatable bonds is 1. The van der Waals surface area contributed by atoms with Gasteiger partial charge in [0.2, 0.25) is 0 Å². The van der Waals surface area contributed by atoms with E-state index < -0.39 is 0 Å². The van der Waals surface area contributed by atoms with Gasteiger partial charge in [-0.2, -0.15) is 0 Å². The molecule has 0 atom stereocenters. The molecule has 3 nitrogen and oxygen atoms in total. The van der Waals surface area contributed by atoms with Crippen LogP contribution in [0.1, 0.15) is 10.4 Å². The van der Waals surface area contributed by atoms with Crippen molar-refractivity contribution >= 4 is 33.1 Å². The Balaban J connectivity index is 1.88. The van der Waals surface area contributed by atoms with Gasteiger partial charge in [-0.15, -0.1) is 11.3 Å². The molecule has 0 aromatic carbocycles. The minimum atomic E-state index is 0.841. The molecule has 0 saturated carbocycles. The van der Waals surface area contributed by atoms with Crippen molar-refractivity contribution in [2.45, 2.75) is 13.0 Å². The summed E-state index contributed by atoms with van der Waals surface area (Å²) in [6.45, 7) is 2.00. The van der Waals surface area contributed by atoms with E-state index in [1.807, 2.05) is 17.4 Å². The van der Waals surface area contributed by atoms with Gasteiger partial charge < -0.3 is 4.90 Å². The van der Waals surface area contributed by atoms with Gasteiger partial charge in [-0.1, -0.05) is 0 Å². The molecule has 0 amide bonds. The number of nitrogens with zero attached hydrogens (tertiary/aromatic N) is 3. The van der Waals surface area contributed by atoms with Crippen LogP contribution >= 0.6 is 27.3 Å². The van der Waals surface area contributed by atoms with Crippen molar-refractivity contribution in [3.05, 3.63) is 38.9 Å². The highest BCUT2D eigenvalue weighted by Gasteiger charge is 2.18. The summed E-state index contributed by atoms with van der Waals surface area (Å²) in [7, 11) is 0. The van der Waals surface area contributed by atoms with Gasteiger partial charge >= 0.3 is 0 Å². The summed E-state index contributed by atoms with van der Waals surface area (Å²) in [4.78, 5) is 12.2. The van der Waals surface area contributed by atoms with Crippen molar-refractivity contribution in [1.29, 1.82) is 0 Å². The molecule has 0 bridgehead atoms. The van der Waals surface area contributed by atoms with Gasteiger partial charge in [0.25, 0.3) is 0 Å². The van der Waals surface area contributed by atoms with Gasteiger partial charge in [-0.3, -0.25) is 0 Å². The molecule has 5 heteroatoms. The van der Waals surface area contributed by atoms with Crippen LogP contribution in [-0.4, -0.2) is 16.5 Å². The second kappa shape index (κ2) is 4.14. The number of halogens is 1. The van der Waals surface area contributed by atoms with Crippen LogP contribution in [0, 0.1) is 0 Å². The molecule has 1 aliphatic rings. The van der Waals surface area contributed by atoms with Crippen molar-refractivity contribution in [1.82, 2.24) is 9.97 Å². The minimum absolute atomic E-state index is 0.841. The first-order valence-corrected chi connectivity index (χ1v) is 6.78. The zero-order valence-corrected chi connectivity index (χ0v) is 11.0. The Bertz CT molecular complexity index is 511. The standard InChI is InChI=1S/C11H10BrN3S/c12-10-5-11(14-7-13-10)15-3-1-9-8(6-15)2-4-16-9/h2,4-5,7H,1,3,6H2. The molecule has 0 saturated heterocycles. The summed E-state index contributed by atoms with van der Waals surface area (Å²) in [5.74, 6) is 0.999. The SMILES string of the molecule is Brc1cc(N2CCc3sccc3C2)ncn1. The zero-order chi connectivity index (χ0) is 11.0. The van der Waals surface area contributed by atoms with Crippen molar-refractivity contribution in [3.8, 4) is 0 Å². The van der Waals surface area contributed by atoms with Gasteiger partial charge in [-0.05, 0) is 39.4 Å². The summed E-state index contributed by atoms with van der Waals surface area (Å²) in [6.07, 6.45) is 2.72. The summed E-state index contributed by atoms with van der Waals surface area (Å²) < 4.78 is 0.841. The molecule has 2 aromatic rings. The second-order valence-electron chi connectivity index (χ2n) is 3.74. The monoisotopic (exact) mass is 295 g/mol. The fourth-order valence-corrected chi connectivity index (χ4v) is 3.13. The summed E-state index contributed by atoms with van der Waals surface area (Å²) in [5.41, 5.74) is 1.44. The highest BCUT2D eigenvalue weighted by Crippen LogP contribution is 2.27. The van der Waals surface area contributed by atoms with Crippen molar-refractivity contribution in [3.63, 3.8) is 0 Å². The van der Waals surface area contributed by atoms with E-state index in [1.54, 1.807) is 6.33 Å². The first-order chi connectivity index (χ1) is 7.83. The Morgan fingerprint density at radius 1 is 1.38 bits per heavy atom. The smallest absolute Gasteiger partial charge is 0.133 e. The van der Waals surface area contributed by atoms with E-state index in [1.165, 1.54) is 10.4 Å². The first-order valence-electron chi connectivity index (χ1n) is 5.10. The Morgan fingerprint density at radius 2 is 2.31 bits per heavy atom. The molecule has 1 aliphatic heterocycles. The second-order valence-corrected chi connectivity index (χ2v) is 5.55. The Hall–Kier alpha value is -0.940. The van der Waals surface area contributed by atoms with Crippen LogP contribution in [0.25, 0.3) is 0 Å². The Morgan fingerprint density at radius 3 is 3.19 bits per heavy atom. The lowest BCUT2D eigenvalue weighted by Crippen LogP contribution is -2.30. The normalized spacial score (nSPS) is 14.9. The third-order valence-electron chi connectivity index (χ3n) is 2.75.